The number of hydrogen-bond donors (Lipinski definition) is 4. The Morgan fingerprint density at radius 3 is 2.51 bits per heavy atom. The zero-order chi connectivity index (χ0) is 26.6. The third kappa shape index (κ3) is 6.73. The molecule has 0 radical (unpaired) electrons. The Kier molecular flexibility index (Phi) is 7.91. The number of aromatic nitrogens is 3. The number of nitrogens with one attached hydrogen (secondary N) is 3. The van der Waals surface area contributed by atoms with Crippen molar-refractivity contribution in [2.75, 3.05) is 17.2 Å². The molecule has 1 aliphatic carbocycles. The van der Waals surface area contributed by atoms with Gasteiger partial charge in [0.25, 0.3) is 0 Å². The number of rotatable bonds is 7. The lowest BCUT2D eigenvalue weighted by atomic mass is 9.82. The molecule has 4 rings (SSSR count). The summed E-state index contributed by atoms with van der Waals surface area (Å²) >= 11 is 1.50. The van der Waals surface area contributed by atoms with E-state index in [2.05, 4.69) is 30.9 Å². The first-order chi connectivity index (χ1) is 17.6. The van der Waals surface area contributed by atoms with Crippen LogP contribution >= 0.6 is 11.3 Å². The molecule has 3 aromatic rings. The van der Waals surface area contributed by atoms with E-state index in [-0.39, 0.29) is 23.7 Å². The fourth-order valence-corrected chi connectivity index (χ4v) is 5.26. The largest absolute Gasteiger partial charge is 0.433 e. The molecule has 1 aromatic carbocycles. The normalized spacial score (nSPS) is 17.7. The lowest BCUT2D eigenvalue weighted by molar-refractivity contribution is -0.141. The smallest absolute Gasteiger partial charge is 0.369 e. The number of alkyl halides is 3. The highest BCUT2D eigenvalue weighted by Gasteiger charge is 2.33. The van der Waals surface area contributed by atoms with E-state index in [4.69, 9.17) is 5.73 Å². The van der Waals surface area contributed by atoms with Crippen molar-refractivity contribution < 1.29 is 22.8 Å². The molecule has 13 heteroatoms. The SMILES string of the molecule is CCNC(=O)Nc1cc(Nc2nccc(C(F)(F)F)n2)cc(-c2cnc(C3CCC(C(N)=O)CC3)s2)c1. The van der Waals surface area contributed by atoms with Crippen LogP contribution < -0.4 is 21.7 Å². The van der Waals surface area contributed by atoms with Gasteiger partial charge in [-0.25, -0.2) is 19.7 Å². The summed E-state index contributed by atoms with van der Waals surface area (Å²) in [5.41, 5.74) is 5.89. The van der Waals surface area contributed by atoms with Crippen molar-refractivity contribution >= 4 is 40.6 Å². The Hall–Kier alpha value is -3.74. The maximum absolute atomic E-state index is 13.1. The number of halogens is 3. The molecule has 2 heterocycles. The number of anilines is 3. The Morgan fingerprint density at radius 2 is 1.84 bits per heavy atom. The summed E-state index contributed by atoms with van der Waals surface area (Å²) in [5.74, 6) is -0.367. The zero-order valence-electron chi connectivity index (χ0n) is 19.9. The summed E-state index contributed by atoms with van der Waals surface area (Å²) in [6.45, 7) is 2.20. The first kappa shape index (κ1) is 26.3. The zero-order valence-corrected chi connectivity index (χ0v) is 20.7. The third-order valence-electron chi connectivity index (χ3n) is 6.02. The van der Waals surface area contributed by atoms with Gasteiger partial charge in [0.15, 0.2) is 0 Å². The number of thiazole rings is 1. The van der Waals surface area contributed by atoms with Crippen LogP contribution in [-0.2, 0) is 11.0 Å². The second-order valence-corrected chi connectivity index (χ2v) is 9.75. The molecule has 1 aliphatic rings. The average molecular weight is 534 g/mol. The van der Waals surface area contributed by atoms with Crippen LogP contribution in [0.3, 0.4) is 0 Å². The molecule has 1 saturated carbocycles. The fourth-order valence-electron chi connectivity index (χ4n) is 4.19. The quantitative estimate of drug-likeness (QED) is 0.327. The summed E-state index contributed by atoms with van der Waals surface area (Å²) in [6, 6.07) is 5.44. The topological polar surface area (TPSA) is 135 Å². The molecule has 37 heavy (non-hydrogen) atoms. The van der Waals surface area contributed by atoms with Gasteiger partial charge in [-0.15, -0.1) is 11.3 Å². The molecule has 2 aromatic heterocycles. The van der Waals surface area contributed by atoms with Crippen LogP contribution in [0.5, 0.6) is 0 Å². The van der Waals surface area contributed by atoms with Gasteiger partial charge in [0, 0.05) is 42.1 Å². The van der Waals surface area contributed by atoms with Crippen molar-refractivity contribution in [3.8, 4) is 10.4 Å². The minimum atomic E-state index is -4.61. The third-order valence-corrected chi connectivity index (χ3v) is 7.23. The molecular formula is C24H26F3N7O2S. The van der Waals surface area contributed by atoms with Crippen LogP contribution in [-0.4, -0.2) is 33.4 Å². The number of carbonyl (C=O) groups is 2. The molecule has 0 atom stereocenters. The van der Waals surface area contributed by atoms with Gasteiger partial charge < -0.3 is 21.7 Å². The number of hydrogen-bond acceptors (Lipinski definition) is 7. The maximum Gasteiger partial charge on any atom is 0.433 e. The summed E-state index contributed by atoms with van der Waals surface area (Å²) < 4.78 is 39.3. The van der Waals surface area contributed by atoms with Gasteiger partial charge in [-0.3, -0.25) is 4.79 Å². The van der Waals surface area contributed by atoms with E-state index in [1.54, 1.807) is 31.3 Å². The van der Waals surface area contributed by atoms with Crippen molar-refractivity contribution in [1.82, 2.24) is 20.3 Å². The Balaban J connectivity index is 1.61. The highest BCUT2D eigenvalue weighted by molar-refractivity contribution is 7.15. The van der Waals surface area contributed by atoms with Crippen LogP contribution in [0.2, 0.25) is 0 Å². The predicted octanol–water partition coefficient (Wildman–Crippen LogP) is 5.26. The highest BCUT2D eigenvalue weighted by atomic mass is 32.1. The van der Waals surface area contributed by atoms with E-state index in [1.807, 2.05) is 0 Å². The molecule has 3 amide bonds. The summed E-state index contributed by atoms with van der Waals surface area (Å²) in [6.07, 6.45) is 1.24. The van der Waals surface area contributed by atoms with Crippen LogP contribution in [0.4, 0.5) is 35.3 Å². The predicted molar refractivity (Wildman–Crippen MR) is 134 cm³/mol. The number of urea groups is 1. The summed E-state index contributed by atoms with van der Waals surface area (Å²) in [5, 5.41) is 9.12. The van der Waals surface area contributed by atoms with Crippen LogP contribution in [0.1, 0.15) is 49.2 Å². The van der Waals surface area contributed by atoms with Crippen LogP contribution in [0.25, 0.3) is 10.4 Å². The highest BCUT2D eigenvalue weighted by Crippen LogP contribution is 2.40. The molecule has 196 valence electrons. The van der Waals surface area contributed by atoms with Crippen molar-refractivity contribution in [3.63, 3.8) is 0 Å². The monoisotopic (exact) mass is 533 g/mol. The number of carbonyl (C=O) groups excluding carboxylic acids is 2. The molecule has 0 saturated heterocycles. The molecule has 5 N–H and O–H groups in total. The lowest BCUT2D eigenvalue weighted by Crippen LogP contribution is -2.28. The van der Waals surface area contributed by atoms with Crippen molar-refractivity contribution in [2.24, 2.45) is 11.7 Å². The van der Waals surface area contributed by atoms with Gasteiger partial charge in [-0.1, -0.05) is 0 Å². The van der Waals surface area contributed by atoms with Gasteiger partial charge >= 0.3 is 12.2 Å². The van der Waals surface area contributed by atoms with Crippen molar-refractivity contribution in [1.29, 1.82) is 0 Å². The van der Waals surface area contributed by atoms with Crippen LogP contribution in [0, 0.1) is 5.92 Å². The first-order valence-electron chi connectivity index (χ1n) is 11.7. The molecule has 1 fully saturated rings. The average Bonchev–Trinajstić information content (AvgIpc) is 3.34. The van der Waals surface area contributed by atoms with Crippen molar-refractivity contribution in [2.45, 2.75) is 44.7 Å². The molecule has 9 nitrogen and oxygen atoms in total. The first-order valence-corrected chi connectivity index (χ1v) is 12.6. The molecule has 0 bridgehead atoms. The number of nitrogens with two attached hydrogens (primary N) is 1. The van der Waals surface area contributed by atoms with Crippen LogP contribution in [0.15, 0.2) is 36.7 Å². The number of benzene rings is 1. The molecular weight excluding hydrogens is 507 g/mol. The van der Waals surface area contributed by atoms with Gasteiger partial charge in [-0.2, -0.15) is 13.2 Å². The molecule has 0 spiro atoms. The van der Waals surface area contributed by atoms with Gasteiger partial charge in [0.2, 0.25) is 11.9 Å². The number of amides is 3. The van der Waals surface area contributed by atoms with E-state index in [0.29, 0.717) is 23.5 Å². The van der Waals surface area contributed by atoms with Gasteiger partial charge in [0.05, 0.1) is 9.88 Å². The lowest BCUT2D eigenvalue weighted by Gasteiger charge is -2.25. The number of nitrogens with zero attached hydrogens (tertiary/aromatic N) is 3. The second kappa shape index (κ2) is 11.1. The summed E-state index contributed by atoms with van der Waals surface area (Å²) in [4.78, 5) is 36.5. The van der Waals surface area contributed by atoms with Gasteiger partial charge in [-0.05, 0) is 62.4 Å². The molecule has 0 unspecified atom stereocenters. The van der Waals surface area contributed by atoms with E-state index in [9.17, 15) is 22.8 Å². The second-order valence-electron chi connectivity index (χ2n) is 8.69. The Bertz CT molecular complexity index is 1270. The van der Waals surface area contributed by atoms with E-state index in [0.717, 1.165) is 47.8 Å². The Morgan fingerprint density at radius 1 is 1.11 bits per heavy atom. The van der Waals surface area contributed by atoms with Crippen molar-refractivity contribution in [3.05, 3.63) is 47.4 Å². The fraction of sp³-hybridized carbons (Fsp3) is 0.375. The van der Waals surface area contributed by atoms with E-state index < -0.39 is 17.9 Å². The molecule has 0 aliphatic heterocycles. The Labute approximate surface area is 215 Å². The summed E-state index contributed by atoms with van der Waals surface area (Å²) in [7, 11) is 0. The van der Waals surface area contributed by atoms with E-state index >= 15 is 0 Å². The number of primary amides is 1. The van der Waals surface area contributed by atoms with Gasteiger partial charge in [0.1, 0.15) is 5.69 Å². The minimum absolute atomic E-state index is 0.0978. The maximum atomic E-state index is 13.1. The minimum Gasteiger partial charge on any atom is -0.369 e. The standard InChI is InChI=1S/C24H26F3N7O2S/c1-2-29-23(36)33-17-10-15(9-16(11-17)32-22-30-8-7-19(34-22)24(25,26)27)18-12-31-21(37-18)14-5-3-13(4-6-14)20(28)35/h7-14H,2-6H2,1H3,(H2,28,35)(H2,29,33,36)(H,30,32,34). The van der Waals surface area contributed by atoms with E-state index in [1.165, 1.54) is 11.3 Å².